The van der Waals surface area contributed by atoms with Gasteiger partial charge in [-0.15, -0.1) is 11.3 Å². The molecule has 2 aromatic rings. The third-order valence-electron chi connectivity index (χ3n) is 4.03. The highest BCUT2D eigenvalue weighted by Gasteiger charge is 2.22. The standard InChI is InChI=1S/C18H22N2O2S/c1-15-7-8-17(23-15)18(21)20-11-9-19(10-12-20)13-14-22-16-5-3-2-4-6-16/h2-8H,9-14H2,1H3. The number of ether oxygens (including phenoxy) is 1. The average Bonchev–Trinajstić information content (AvgIpc) is 3.02. The average molecular weight is 330 g/mol. The van der Waals surface area contributed by atoms with Crippen molar-refractivity contribution in [2.24, 2.45) is 0 Å². The largest absolute Gasteiger partial charge is 0.492 e. The summed E-state index contributed by atoms with van der Waals surface area (Å²) >= 11 is 1.58. The predicted molar refractivity (Wildman–Crippen MR) is 93.3 cm³/mol. The Hall–Kier alpha value is -1.85. The van der Waals surface area contributed by atoms with Crippen LogP contribution in [0.5, 0.6) is 5.75 Å². The second kappa shape index (κ2) is 7.62. The van der Waals surface area contributed by atoms with E-state index in [1.807, 2.05) is 54.3 Å². The molecule has 1 saturated heterocycles. The molecule has 5 heteroatoms. The monoisotopic (exact) mass is 330 g/mol. The van der Waals surface area contributed by atoms with Gasteiger partial charge in [0.2, 0.25) is 0 Å². The van der Waals surface area contributed by atoms with Crippen molar-refractivity contribution >= 4 is 17.2 Å². The van der Waals surface area contributed by atoms with Gasteiger partial charge in [0.1, 0.15) is 12.4 Å². The van der Waals surface area contributed by atoms with Crippen LogP contribution >= 0.6 is 11.3 Å². The fourth-order valence-electron chi connectivity index (χ4n) is 2.69. The van der Waals surface area contributed by atoms with Gasteiger partial charge in [0.05, 0.1) is 4.88 Å². The molecule has 1 aliphatic rings. The number of piperazine rings is 1. The van der Waals surface area contributed by atoms with Gasteiger partial charge < -0.3 is 9.64 Å². The third kappa shape index (κ3) is 4.33. The highest BCUT2D eigenvalue weighted by Crippen LogP contribution is 2.18. The SMILES string of the molecule is Cc1ccc(C(=O)N2CCN(CCOc3ccccc3)CC2)s1. The van der Waals surface area contributed by atoms with Crippen LogP contribution in [-0.4, -0.2) is 55.0 Å². The summed E-state index contributed by atoms with van der Waals surface area (Å²) in [7, 11) is 0. The zero-order valence-corrected chi connectivity index (χ0v) is 14.2. The zero-order chi connectivity index (χ0) is 16.1. The van der Waals surface area contributed by atoms with E-state index in [4.69, 9.17) is 4.74 Å². The van der Waals surface area contributed by atoms with Gasteiger partial charge in [0.15, 0.2) is 0 Å². The second-order valence-corrected chi connectivity index (χ2v) is 6.99. The molecule has 4 nitrogen and oxygen atoms in total. The van der Waals surface area contributed by atoms with Gasteiger partial charge in [-0.2, -0.15) is 0 Å². The first-order valence-corrected chi connectivity index (χ1v) is 8.80. The molecule has 0 unspecified atom stereocenters. The summed E-state index contributed by atoms with van der Waals surface area (Å²) in [4.78, 5) is 18.8. The van der Waals surface area contributed by atoms with Crippen LogP contribution in [0.1, 0.15) is 14.5 Å². The number of rotatable bonds is 5. The van der Waals surface area contributed by atoms with Crippen molar-refractivity contribution < 1.29 is 9.53 Å². The summed E-state index contributed by atoms with van der Waals surface area (Å²) < 4.78 is 5.73. The molecule has 1 fully saturated rings. The Labute approximate surface area is 141 Å². The van der Waals surface area contributed by atoms with Crippen LogP contribution in [0.25, 0.3) is 0 Å². The van der Waals surface area contributed by atoms with E-state index in [1.165, 1.54) is 4.88 Å². The summed E-state index contributed by atoms with van der Waals surface area (Å²) in [5.41, 5.74) is 0. The number of amides is 1. The number of carbonyl (C=O) groups excluding carboxylic acids is 1. The summed E-state index contributed by atoms with van der Waals surface area (Å²) in [5.74, 6) is 1.08. The van der Waals surface area contributed by atoms with Gasteiger partial charge in [0, 0.05) is 37.6 Å². The van der Waals surface area contributed by atoms with Crippen molar-refractivity contribution in [1.82, 2.24) is 9.80 Å². The van der Waals surface area contributed by atoms with Crippen LogP contribution in [0.2, 0.25) is 0 Å². The van der Waals surface area contributed by atoms with E-state index in [-0.39, 0.29) is 5.91 Å². The van der Waals surface area contributed by atoms with Gasteiger partial charge in [0.25, 0.3) is 5.91 Å². The highest BCUT2D eigenvalue weighted by atomic mass is 32.1. The Morgan fingerprint density at radius 1 is 1.09 bits per heavy atom. The maximum Gasteiger partial charge on any atom is 0.264 e. The Bertz CT molecular complexity index is 633. The van der Waals surface area contributed by atoms with Crippen LogP contribution in [0.4, 0.5) is 0 Å². The van der Waals surface area contributed by atoms with Crippen LogP contribution in [-0.2, 0) is 0 Å². The second-order valence-electron chi connectivity index (χ2n) is 5.71. The fourth-order valence-corrected chi connectivity index (χ4v) is 3.52. The first-order chi connectivity index (χ1) is 11.2. The Kier molecular flexibility index (Phi) is 5.31. The number of hydrogen-bond acceptors (Lipinski definition) is 4. The molecule has 0 saturated carbocycles. The van der Waals surface area contributed by atoms with Gasteiger partial charge in [-0.05, 0) is 31.2 Å². The van der Waals surface area contributed by atoms with Crippen molar-refractivity contribution in [3.63, 3.8) is 0 Å². The number of thiophene rings is 1. The van der Waals surface area contributed by atoms with Crippen molar-refractivity contribution in [2.45, 2.75) is 6.92 Å². The Morgan fingerprint density at radius 3 is 2.48 bits per heavy atom. The lowest BCUT2D eigenvalue weighted by Gasteiger charge is -2.34. The van der Waals surface area contributed by atoms with E-state index in [1.54, 1.807) is 11.3 Å². The molecule has 1 aromatic heterocycles. The quantitative estimate of drug-likeness (QED) is 0.845. The summed E-state index contributed by atoms with van der Waals surface area (Å²) in [5, 5.41) is 0. The number of hydrogen-bond donors (Lipinski definition) is 0. The predicted octanol–water partition coefficient (Wildman–Crippen LogP) is 2.89. The van der Waals surface area contributed by atoms with E-state index in [0.29, 0.717) is 6.61 Å². The number of aryl methyl sites for hydroxylation is 1. The molecule has 0 atom stereocenters. The molecule has 0 bridgehead atoms. The Balaban J connectivity index is 1.41. The molecule has 0 aliphatic carbocycles. The van der Waals surface area contributed by atoms with E-state index in [2.05, 4.69) is 4.90 Å². The third-order valence-corrected chi connectivity index (χ3v) is 5.02. The molecule has 1 amide bonds. The maximum absolute atomic E-state index is 12.4. The molecule has 1 aromatic carbocycles. The van der Waals surface area contributed by atoms with E-state index in [9.17, 15) is 4.79 Å². The molecule has 3 rings (SSSR count). The van der Waals surface area contributed by atoms with Gasteiger partial charge in [-0.1, -0.05) is 18.2 Å². The summed E-state index contributed by atoms with van der Waals surface area (Å²) in [6.07, 6.45) is 0. The topological polar surface area (TPSA) is 32.8 Å². The highest BCUT2D eigenvalue weighted by molar-refractivity contribution is 7.13. The molecule has 122 valence electrons. The maximum atomic E-state index is 12.4. The first-order valence-electron chi connectivity index (χ1n) is 7.98. The van der Waals surface area contributed by atoms with Gasteiger partial charge in [-0.3, -0.25) is 9.69 Å². The van der Waals surface area contributed by atoms with Crippen LogP contribution in [0.15, 0.2) is 42.5 Å². The normalized spacial score (nSPS) is 15.6. The number of nitrogens with zero attached hydrogens (tertiary/aromatic N) is 2. The Morgan fingerprint density at radius 2 is 1.83 bits per heavy atom. The smallest absolute Gasteiger partial charge is 0.264 e. The molecular formula is C18H22N2O2S. The minimum Gasteiger partial charge on any atom is -0.492 e. The molecule has 1 aliphatic heterocycles. The van der Waals surface area contributed by atoms with E-state index < -0.39 is 0 Å². The minimum atomic E-state index is 0.170. The van der Waals surface area contributed by atoms with E-state index >= 15 is 0 Å². The lowest BCUT2D eigenvalue weighted by atomic mass is 10.3. The van der Waals surface area contributed by atoms with Crippen molar-refractivity contribution in [3.05, 3.63) is 52.2 Å². The van der Waals surface area contributed by atoms with Gasteiger partial charge in [-0.25, -0.2) is 0 Å². The van der Waals surface area contributed by atoms with Crippen molar-refractivity contribution in [1.29, 1.82) is 0 Å². The van der Waals surface area contributed by atoms with Crippen LogP contribution < -0.4 is 4.74 Å². The van der Waals surface area contributed by atoms with Crippen LogP contribution in [0, 0.1) is 6.92 Å². The summed E-state index contributed by atoms with van der Waals surface area (Å²) in [6.45, 7) is 7.02. The van der Waals surface area contributed by atoms with Crippen molar-refractivity contribution in [3.8, 4) is 5.75 Å². The van der Waals surface area contributed by atoms with E-state index in [0.717, 1.165) is 43.4 Å². The number of benzene rings is 1. The first kappa shape index (κ1) is 16.0. The van der Waals surface area contributed by atoms with Crippen molar-refractivity contribution in [2.75, 3.05) is 39.3 Å². The zero-order valence-electron chi connectivity index (χ0n) is 13.4. The lowest BCUT2D eigenvalue weighted by Crippen LogP contribution is -2.49. The molecule has 2 heterocycles. The minimum absolute atomic E-state index is 0.170. The lowest BCUT2D eigenvalue weighted by molar-refractivity contribution is 0.0625. The molecular weight excluding hydrogens is 308 g/mol. The summed E-state index contributed by atoms with van der Waals surface area (Å²) in [6, 6.07) is 13.8. The number of para-hydroxylation sites is 1. The fraction of sp³-hybridized carbons (Fsp3) is 0.389. The molecule has 0 N–H and O–H groups in total. The van der Waals surface area contributed by atoms with Gasteiger partial charge >= 0.3 is 0 Å². The molecule has 0 spiro atoms. The number of carbonyl (C=O) groups is 1. The van der Waals surface area contributed by atoms with Crippen LogP contribution in [0.3, 0.4) is 0 Å². The molecule has 23 heavy (non-hydrogen) atoms. The molecule has 0 radical (unpaired) electrons.